The second-order valence-corrected chi connectivity index (χ2v) is 5.11. The van der Waals surface area contributed by atoms with Gasteiger partial charge < -0.3 is 9.31 Å². The zero-order valence-electron chi connectivity index (χ0n) is 11.6. The molecule has 0 amide bonds. The fourth-order valence-corrected chi connectivity index (χ4v) is 1.68. The maximum absolute atomic E-state index is 5.57. The van der Waals surface area contributed by atoms with Gasteiger partial charge in [-0.15, -0.1) is 0 Å². The van der Waals surface area contributed by atoms with E-state index in [4.69, 9.17) is 9.31 Å². The van der Waals surface area contributed by atoms with Crippen molar-refractivity contribution < 1.29 is 9.31 Å². The minimum atomic E-state index is -0.237. The molecule has 0 aromatic heterocycles. The van der Waals surface area contributed by atoms with Crippen molar-refractivity contribution in [2.75, 3.05) is 13.2 Å². The molecule has 1 aromatic carbocycles. The molecular formula is C14H23BO2. The molecule has 0 aliphatic rings. The molecule has 2 nitrogen and oxygen atoms in total. The first kappa shape index (κ1) is 14.3. The second-order valence-electron chi connectivity index (χ2n) is 5.11. The molecule has 0 bridgehead atoms. The van der Waals surface area contributed by atoms with Crippen molar-refractivity contribution in [1.82, 2.24) is 0 Å². The van der Waals surface area contributed by atoms with Crippen molar-refractivity contribution in [2.24, 2.45) is 0 Å². The predicted molar refractivity (Wildman–Crippen MR) is 73.8 cm³/mol. The smallest absolute Gasteiger partial charge is 0.408 e. The molecule has 0 saturated carbocycles. The Labute approximate surface area is 105 Å². The molecule has 1 rings (SSSR count). The van der Waals surface area contributed by atoms with E-state index in [2.05, 4.69) is 45.0 Å². The molecule has 0 unspecified atom stereocenters. The summed E-state index contributed by atoms with van der Waals surface area (Å²) in [7, 11) is -0.237. The van der Waals surface area contributed by atoms with Crippen LogP contribution in [0.25, 0.3) is 0 Å². The molecule has 0 aliphatic heterocycles. The summed E-state index contributed by atoms with van der Waals surface area (Å²) in [5, 5.41) is 0. The normalized spacial score (nSPS) is 11.6. The number of hydrogen-bond donors (Lipinski definition) is 0. The highest BCUT2D eigenvalue weighted by Gasteiger charge is 2.21. The Morgan fingerprint density at radius 1 is 0.941 bits per heavy atom. The molecule has 0 N–H and O–H groups in total. The van der Waals surface area contributed by atoms with E-state index in [1.807, 2.05) is 13.8 Å². The minimum absolute atomic E-state index is 0.186. The quantitative estimate of drug-likeness (QED) is 0.729. The van der Waals surface area contributed by atoms with Gasteiger partial charge in [0.05, 0.1) is 0 Å². The first-order valence-electron chi connectivity index (χ1n) is 6.32. The lowest BCUT2D eigenvalue weighted by Crippen LogP contribution is -2.37. The Kier molecular flexibility index (Phi) is 5.22. The largest absolute Gasteiger partial charge is 0.493 e. The Morgan fingerprint density at radius 3 is 1.76 bits per heavy atom. The third kappa shape index (κ3) is 4.17. The molecule has 94 valence electrons. The van der Waals surface area contributed by atoms with Crippen LogP contribution < -0.4 is 5.46 Å². The summed E-state index contributed by atoms with van der Waals surface area (Å²) < 4.78 is 11.1. The van der Waals surface area contributed by atoms with E-state index in [1.165, 1.54) is 5.56 Å². The van der Waals surface area contributed by atoms with Gasteiger partial charge >= 0.3 is 7.12 Å². The number of benzene rings is 1. The van der Waals surface area contributed by atoms with Gasteiger partial charge in [-0.2, -0.15) is 0 Å². The molecular weight excluding hydrogens is 211 g/mol. The van der Waals surface area contributed by atoms with Gasteiger partial charge in [0.1, 0.15) is 0 Å². The molecule has 0 aliphatic carbocycles. The lowest BCUT2D eigenvalue weighted by Gasteiger charge is -2.20. The fraction of sp³-hybridized carbons (Fsp3) is 0.571. The van der Waals surface area contributed by atoms with Gasteiger partial charge in [-0.25, -0.2) is 0 Å². The third-order valence-corrected chi connectivity index (χ3v) is 2.68. The molecule has 3 heteroatoms. The number of rotatable bonds is 5. The van der Waals surface area contributed by atoms with Crippen molar-refractivity contribution in [3.63, 3.8) is 0 Å². The van der Waals surface area contributed by atoms with Crippen molar-refractivity contribution in [1.29, 1.82) is 0 Å². The SMILES string of the molecule is CCOB(OCC)c1ccc(C(C)(C)C)cc1. The van der Waals surface area contributed by atoms with Gasteiger partial charge in [0.15, 0.2) is 0 Å². The summed E-state index contributed by atoms with van der Waals surface area (Å²) in [6.07, 6.45) is 0. The average Bonchev–Trinajstić information content (AvgIpc) is 2.28. The maximum atomic E-state index is 5.57. The van der Waals surface area contributed by atoms with Crippen LogP contribution in [0.1, 0.15) is 40.2 Å². The van der Waals surface area contributed by atoms with Crippen molar-refractivity contribution in [3.8, 4) is 0 Å². The van der Waals surface area contributed by atoms with Crippen molar-refractivity contribution in [3.05, 3.63) is 29.8 Å². The van der Waals surface area contributed by atoms with Crippen LogP contribution in [0.2, 0.25) is 0 Å². The van der Waals surface area contributed by atoms with Crippen LogP contribution in [0.3, 0.4) is 0 Å². The third-order valence-electron chi connectivity index (χ3n) is 2.68. The zero-order valence-corrected chi connectivity index (χ0v) is 11.6. The van der Waals surface area contributed by atoms with Gasteiger partial charge in [0.2, 0.25) is 0 Å². The first-order chi connectivity index (χ1) is 7.99. The van der Waals surface area contributed by atoms with E-state index in [1.54, 1.807) is 0 Å². The molecule has 0 radical (unpaired) electrons. The summed E-state index contributed by atoms with van der Waals surface area (Å²) in [5.41, 5.74) is 2.60. The van der Waals surface area contributed by atoms with E-state index in [0.29, 0.717) is 13.2 Å². The van der Waals surface area contributed by atoms with Gasteiger partial charge in [0.25, 0.3) is 0 Å². The van der Waals surface area contributed by atoms with Crippen LogP contribution in [0, 0.1) is 0 Å². The summed E-state index contributed by atoms with van der Waals surface area (Å²) >= 11 is 0. The molecule has 0 heterocycles. The van der Waals surface area contributed by atoms with E-state index in [-0.39, 0.29) is 12.5 Å². The Hall–Kier alpha value is -0.795. The van der Waals surface area contributed by atoms with Gasteiger partial charge in [-0.3, -0.25) is 0 Å². The van der Waals surface area contributed by atoms with E-state index >= 15 is 0 Å². The standard InChI is InChI=1S/C14H23BO2/c1-6-16-15(17-7-2)13-10-8-12(9-11-13)14(3,4)5/h8-11H,6-7H2,1-5H3. The molecule has 0 atom stereocenters. The zero-order chi connectivity index (χ0) is 12.9. The van der Waals surface area contributed by atoms with E-state index < -0.39 is 0 Å². The topological polar surface area (TPSA) is 18.5 Å². The fourth-order valence-electron chi connectivity index (χ4n) is 1.68. The molecule has 0 saturated heterocycles. The summed E-state index contributed by atoms with van der Waals surface area (Å²) in [5.74, 6) is 0. The average molecular weight is 234 g/mol. The van der Waals surface area contributed by atoms with Crippen LogP contribution in [-0.4, -0.2) is 20.3 Å². The van der Waals surface area contributed by atoms with Crippen LogP contribution >= 0.6 is 0 Å². The predicted octanol–water partition coefficient (Wildman–Crippen LogP) is 2.75. The van der Waals surface area contributed by atoms with Gasteiger partial charge in [-0.05, 0) is 30.3 Å². The lowest BCUT2D eigenvalue weighted by molar-refractivity contribution is 0.225. The van der Waals surface area contributed by atoms with Crippen LogP contribution in [0.4, 0.5) is 0 Å². The number of hydrogen-bond acceptors (Lipinski definition) is 2. The summed E-state index contributed by atoms with van der Waals surface area (Å²) in [6.45, 7) is 11.9. The Bertz CT molecular complexity index is 321. The van der Waals surface area contributed by atoms with E-state index in [9.17, 15) is 0 Å². The first-order valence-corrected chi connectivity index (χ1v) is 6.32. The van der Waals surface area contributed by atoms with E-state index in [0.717, 1.165) is 5.46 Å². The van der Waals surface area contributed by atoms with Gasteiger partial charge in [0, 0.05) is 13.2 Å². The Balaban J connectivity index is 2.84. The van der Waals surface area contributed by atoms with Crippen LogP contribution in [0.5, 0.6) is 0 Å². The maximum Gasteiger partial charge on any atom is 0.493 e. The van der Waals surface area contributed by atoms with Gasteiger partial charge in [-0.1, -0.05) is 45.0 Å². The summed E-state index contributed by atoms with van der Waals surface area (Å²) in [6, 6.07) is 8.49. The Morgan fingerprint density at radius 2 is 1.41 bits per heavy atom. The summed E-state index contributed by atoms with van der Waals surface area (Å²) in [4.78, 5) is 0. The molecule has 1 aromatic rings. The highest BCUT2D eigenvalue weighted by molar-refractivity contribution is 6.61. The molecule has 0 spiro atoms. The minimum Gasteiger partial charge on any atom is -0.408 e. The van der Waals surface area contributed by atoms with Crippen LogP contribution in [0.15, 0.2) is 24.3 Å². The van der Waals surface area contributed by atoms with Crippen molar-refractivity contribution >= 4 is 12.6 Å². The highest BCUT2D eigenvalue weighted by atomic mass is 16.6. The highest BCUT2D eigenvalue weighted by Crippen LogP contribution is 2.20. The van der Waals surface area contributed by atoms with Crippen LogP contribution in [-0.2, 0) is 14.7 Å². The lowest BCUT2D eigenvalue weighted by atomic mass is 9.76. The molecule has 17 heavy (non-hydrogen) atoms. The molecule has 0 fully saturated rings. The van der Waals surface area contributed by atoms with Crippen molar-refractivity contribution in [2.45, 2.75) is 40.0 Å². The monoisotopic (exact) mass is 234 g/mol. The second kappa shape index (κ2) is 6.22.